The Bertz CT molecular complexity index is 1170. The van der Waals surface area contributed by atoms with Crippen molar-refractivity contribution in [1.82, 2.24) is 10.2 Å². The summed E-state index contributed by atoms with van der Waals surface area (Å²) in [4.78, 5) is 28.5. The van der Waals surface area contributed by atoms with Crippen molar-refractivity contribution in [2.75, 3.05) is 12.3 Å². The van der Waals surface area contributed by atoms with Crippen molar-refractivity contribution in [3.8, 4) is 0 Å². The standard InChI is InChI=1S/C28H28Cl3FN2O2S/c1-2-14-33-28(36)26(15-19-8-4-3-5-9-19)34(16-20-22(29)10-6-11-23(20)30)27(35)18-37-17-21-24(31)12-7-13-25(21)32/h3-13,26H,2,14-18H2,1H3,(H,33,36). The molecule has 2 amide bonds. The Morgan fingerprint density at radius 2 is 1.54 bits per heavy atom. The maximum atomic E-state index is 14.2. The Kier molecular flexibility index (Phi) is 11.6. The molecular formula is C28H28Cl3FN2O2S. The van der Waals surface area contributed by atoms with E-state index >= 15 is 0 Å². The van der Waals surface area contributed by atoms with E-state index in [4.69, 9.17) is 34.8 Å². The van der Waals surface area contributed by atoms with Gasteiger partial charge >= 0.3 is 0 Å². The molecule has 1 N–H and O–H groups in total. The van der Waals surface area contributed by atoms with Crippen LogP contribution in [0, 0.1) is 5.82 Å². The maximum absolute atomic E-state index is 14.2. The topological polar surface area (TPSA) is 49.4 Å². The van der Waals surface area contributed by atoms with Gasteiger partial charge in [0.2, 0.25) is 11.8 Å². The zero-order valence-corrected chi connectivity index (χ0v) is 23.4. The predicted octanol–water partition coefficient (Wildman–Crippen LogP) is 7.19. The lowest BCUT2D eigenvalue weighted by atomic mass is 10.0. The molecule has 0 saturated carbocycles. The number of thioether (sulfide) groups is 1. The quantitative estimate of drug-likeness (QED) is 0.246. The van der Waals surface area contributed by atoms with Gasteiger partial charge in [-0.25, -0.2) is 4.39 Å². The lowest BCUT2D eigenvalue weighted by Gasteiger charge is -2.32. The Morgan fingerprint density at radius 1 is 0.919 bits per heavy atom. The van der Waals surface area contributed by atoms with Crippen molar-refractivity contribution in [1.29, 1.82) is 0 Å². The van der Waals surface area contributed by atoms with Crippen LogP contribution in [0.5, 0.6) is 0 Å². The molecule has 4 nitrogen and oxygen atoms in total. The van der Waals surface area contributed by atoms with Crippen LogP contribution < -0.4 is 5.32 Å². The van der Waals surface area contributed by atoms with Gasteiger partial charge in [-0.2, -0.15) is 0 Å². The van der Waals surface area contributed by atoms with Gasteiger partial charge in [0, 0.05) is 51.5 Å². The van der Waals surface area contributed by atoms with E-state index in [0.717, 1.165) is 12.0 Å². The first-order valence-corrected chi connectivity index (χ1v) is 14.1. The predicted molar refractivity (Wildman–Crippen MR) is 152 cm³/mol. The van der Waals surface area contributed by atoms with Crippen LogP contribution in [0.3, 0.4) is 0 Å². The van der Waals surface area contributed by atoms with Gasteiger partial charge in [0.25, 0.3) is 0 Å². The number of hydrogen-bond acceptors (Lipinski definition) is 3. The second-order valence-corrected chi connectivity index (χ2v) is 10.6. The highest BCUT2D eigenvalue weighted by Gasteiger charge is 2.31. The maximum Gasteiger partial charge on any atom is 0.243 e. The van der Waals surface area contributed by atoms with Crippen LogP contribution in [-0.4, -0.2) is 35.1 Å². The monoisotopic (exact) mass is 580 g/mol. The molecule has 0 aliphatic carbocycles. The van der Waals surface area contributed by atoms with E-state index in [1.54, 1.807) is 24.3 Å². The summed E-state index contributed by atoms with van der Waals surface area (Å²) in [5.74, 6) is -0.749. The Hall–Kier alpha value is -2.25. The second-order valence-electron chi connectivity index (χ2n) is 8.41. The van der Waals surface area contributed by atoms with E-state index in [1.807, 2.05) is 37.3 Å². The average molecular weight is 582 g/mol. The summed E-state index contributed by atoms with van der Waals surface area (Å²) in [7, 11) is 0. The van der Waals surface area contributed by atoms with Crippen molar-refractivity contribution in [2.45, 2.75) is 38.1 Å². The normalized spacial score (nSPS) is 11.7. The van der Waals surface area contributed by atoms with Crippen molar-refractivity contribution >= 4 is 58.4 Å². The molecule has 0 spiro atoms. The molecule has 0 radical (unpaired) electrons. The second kappa shape index (κ2) is 14.6. The summed E-state index contributed by atoms with van der Waals surface area (Å²) in [6.07, 6.45) is 1.07. The molecule has 0 heterocycles. The van der Waals surface area contributed by atoms with Gasteiger partial charge in [0.05, 0.1) is 5.75 Å². The van der Waals surface area contributed by atoms with E-state index < -0.39 is 11.9 Å². The van der Waals surface area contributed by atoms with Crippen molar-refractivity contribution in [3.05, 3.63) is 104 Å². The summed E-state index contributed by atoms with van der Waals surface area (Å²) < 4.78 is 14.2. The molecule has 0 aliphatic heterocycles. The van der Waals surface area contributed by atoms with Gasteiger partial charge in [-0.05, 0) is 36.2 Å². The van der Waals surface area contributed by atoms with Gasteiger partial charge in [-0.1, -0.05) is 84.2 Å². The number of benzene rings is 3. The fraction of sp³-hybridized carbons (Fsp3) is 0.286. The SMILES string of the molecule is CCCNC(=O)C(Cc1ccccc1)N(Cc1c(Cl)cccc1Cl)C(=O)CSCc1c(F)cccc1Cl. The molecule has 37 heavy (non-hydrogen) atoms. The summed E-state index contributed by atoms with van der Waals surface area (Å²) in [6.45, 7) is 2.50. The largest absolute Gasteiger partial charge is 0.354 e. The van der Waals surface area contributed by atoms with E-state index in [0.29, 0.717) is 39.2 Å². The first-order chi connectivity index (χ1) is 17.8. The van der Waals surface area contributed by atoms with Crippen LogP contribution in [0.15, 0.2) is 66.7 Å². The molecule has 3 aromatic rings. The van der Waals surface area contributed by atoms with E-state index in [1.165, 1.54) is 28.8 Å². The van der Waals surface area contributed by atoms with Crippen LogP contribution >= 0.6 is 46.6 Å². The minimum absolute atomic E-state index is 0.0130. The molecule has 0 bridgehead atoms. The number of carbonyl (C=O) groups is 2. The number of nitrogens with zero attached hydrogens (tertiary/aromatic N) is 1. The van der Waals surface area contributed by atoms with E-state index in [-0.39, 0.29) is 29.9 Å². The molecule has 1 atom stereocenters. The molecule has 0 aliphatic rings. The first-order valence-electron chi connectivity index (χ1n) is 11.9. The minimum Gasteiger partial charge on any atom is -0.354 e. The number of halogens is 4. The number of carbonyl (C=O) groups excluding carboxylic acids is 2. The van der Waals surface area contributed by atoms with Gasteiger partial charge < -0.3 is 10.2 Å². The fourth-order valence-electron chi connectivity index (χ4n) is 3.77. The summed E-state index contributed by atoms with van der Waals surface area (Å²) >= 11 is 20.3. The summed E-state index contributed by atoms with van der Waals surface area (Å²) in [6, 6.07) is 18.3. The Labute approximate surface area is 236 Å². The zero-order chi connectivity index (χ0) is 26.8. The first kappa shape index (κ1) is 29.3. The third-order valence-corrected chi connectivity index (χ3v) is 7.75. The molecule has 0 aromatic heterocycles. The van der Waals surface area contributed by atoms with E-state index in [9.17, 15) is 14.0 Å². The lowest BCUT2D eigenvalue weighted by molar-refractivity contribution is -0.139. The molecule has 0 saturated heterocycles. The van der Waals surface area contributed by atoms with Crippen LogP contribution in [0.25, 0.3) is 0 Å². The number of nitrogens with one attached hydrogen (secondary N) is 1. The van der Waals surface area contributed by atoms with Crippen LogP contribution in [0.4, 0.5) is 4.39 Å². The van der Waals surface area contributed by atoms with Crippen molar-refractivity contribution in [2.24, 2.45) is 0 Å². The molecule has 1 unspecified atom stereocenters. The third kappa shape index (κ3) is 8.37. The molecule has 3 rings (SSSR count). The van der Waals surface area contributed by atoms with Crippen LogP contribution in [-0.2, 0) is 28.3 Å². The van der Waals surface area contributed by atoms with Gasteiger partial charge in [-0.3, -0.25) is 9.59 Å². The average Bonchev–Trinajstić information content (AvgIpc) is 2.88. The lowest BCUT2D eigenvalue weighted by Crippen LogP contribution is -2.51. The highest BCUT2D eigenvalue weighted by molar-refractivity contribution is 7.99. The van der Waals surface area contributed by atoms with E-state index in [2.05, 4.69) is 5.32 Å². The number of rotatable bonds is 12. The van der Waals surface area contributed by atoms with Crippen molar-refractivity contribution in [3.63, 3.8) is 0 Å². The fourth-order valence-corrected chi connectivity index (χ4v) is 5.53. The molecule has 0 fully saturated rings. The van der Waals surface area contributed by atoms with Crippen LogP contribution in [0.1, 0.15) is 30.0 Å². The summed E-state index contributed by atoms with van der Waals surface area (Å²) in [5.41, 5.74) is 1.81. The smallest absolute Gasteiger partial charge is 0.243 e. The van der Waals surface area contributed by atoms with Gasteiger partial charge in [-0.15, -0.1) is 11.8 Å². The highest BCUT2D eigenvalue weighted by Crippen LogP contribution is 2.28. The van der Waals surface area contributed by atoms with Crippen molar-refractivity contribution < 1.29 is 14.0 Å². The third-order valence-electron chi connectivity index (χ3n) is 5.74. The highest BCUT2D eigenvalue weighted by atomic mass is 35.5. The molecule has 196 valence electrons. The Balaban J connectivity index is 1.90. The number of amides is 2. The molecular weight excluding hydrogens is 554 g/mol. The number of hydrogen-bond donors (Lipinski definition) is 1. The van der Waals surface area contributed by atoms with Gasteiger partial charge in [0.15, 0.2) is 0 Å². The van der Waals surface area contributed by atoms with Gasteiger partial charge in [0.1, 0.15) is 11.9 Å². The Morgan fingerprint density at radius 3 is 2.16 bits per heavy atom. The zero-order valence-electron chi connectivity index (χ0n) is 20.4. The molecule has 3 aromatic carbocycles. The van der Waals surface area contributed by atoms with Crippen LogP contribution in [0.2, 0.25) is 15.1 Å². The molecule has 9 heteroatoms. The minimum atomic E-state index is -0.800. The summed E-state index contributed by atoms with van der Waals surface area (Å²) in [5, 5.41) is 4.05.